The Morgan fingerprint density at radius 2 is 1.88 bits per heavy atom. The van der Waals surface area contributed by atoms with Crippen LogP contribution in [0.15, 0.2) is 47.4 Å². The molecule has 0 fully saturated rings. The molecule has 1 heterocycles. The van der Waals surface area contributed by atoms with E-state index in [4.69, 9.17) is 4.74 Å². The number of fused-ring (bicyclic) bond motifs is 1. The van der Waals surface area contributed by atoms with Gasteiger partial charge in [0.25, 0.3) is 0 Å². The second kappa shape index (κ2) is 6.30. The number of aryl methyl sites for hydroxylation is 2. The molecule has 5 nitrogen and oxygen atoms in total. The summed E-state index contributed by atoms with van der Waals surface area (Å²) in [5, 5.41) is 1.07. The lowest BCUT2D eigenvalue weighted by atomic mass is 10.1. The first-order valence-electron chi connectivity index (χ1n) is 7.61. The highest BCUT2D eigenvalue weighted by atomic mass is 32.2. The van der Waals surface area contributed by atoms with E-state index in [1.54, 1.807) is 25.3 Å². The van der Waals surface area contributed by atoms with E-state index in [-0.39, 0.29) is 11.4 Å². The Bertz CT molecular complexity index is 991. The van der Waals surface area contributed by atoms with Crippen LogP contribution in [0.2, 0.25) is 0 Å². The van der Waals surface area contributed by atoms with E-state index >= 15 is 0 Å². The quantitative estimate of drug-likeness (QED) is 0.746. The minimum Gasteiger partial charge on any atom is -0.496 e. The van der Waals surface area contributed by atoms with Gasteiger partial charge >= 0.3 is 0 Å². The Kier molecular flexibility index (Phi) is 4.34. The van der Waals surface area contributed by atoms with E-state index < -0.39 is 10.0 Å². The molecular formula is C18H20N2O3S. The number of aromatic nitrogens is 1. The van der Waals surface area contributed by atoms with Gasteiger partial charge in [0.2, 0.25) is 10.0 Å². The van der Waals surface area contributed by atoms with Gasteiger partial charge in [-0.25, -0.2) is 13.1 Å². The third-order valence-electron chi connectivity index (χ3n) is 3.96. The maximum absolute atomic E-state index is 12.5. The Morgan fingerprint density at radius 3 is 2.58 bits per heavy atom. The summed E-state index contributed by atoms with van der Waals surface area (Å²) in [6.07, 6.45) is 0. The molecule has 0 unspecified atom stereocenters. The molecular weight excluding hydrogens is 324 g/mol. The first-order chi connectivity index (χ1) is 11.4. The second-order valence-electron chi connectivity index (χ2n) is 5.83. The molecule has 2 aromatic carbocycles. The Labute approximate surface area is 141 Å². The smallest absolute Gasteiger partial charge is 0.240 e. The molecule has 0 aliphatic heterocycles. The molecule has 3 aromatic rings. The SMILES string of the molecule is COc1ccc(S(=O)(=O)NCc2ccc3[nH]c(C)cc3c2)cc1C. The number of rotatable bonds is 5. The largest absolute Gasteiger partial charge is 0.496 e. The van der Waals surface area contributed by atoms with Crippen LogP contribution in [-0.2, 0) is 16.6 Å². The highest BCUT2D eigenvalue weighted by molar-refractivity contribution is 7.89. The molecule has 0 atom stereocenters. The summed E-state index contributed by atoms with van der Waals surface area (Å²) >= 11 is 0. The highest BCUT2D eigenvalue weighted by Crippen LogP contribution is 2.22. The van der Waals surface area contributed by atoms with Crippen molar-refractivity contribution in [3.63, 3.8) is 0 Å². The van der Waals surface area contributed by atoms with Crippen LogP contribution in [0.4, 0.5) is 0 Å². The minimum absolute atomic E-state index is 0.236. The molecule has 0 saturated carbocycles. The maximum Gasteiger partial charge on any atom is 0.240 e. The monoisotopic (exact) mass is 344 g/mol. The molecule has 126 valence electrons. The summed E-state index contributed by atoms with van der Waals surface area (Å²) in [5.41, 5.74) is 3.82. The first-order valence-corrected chi connectivity index (χ1v) is 9.10. The number of aromatic amines is 1. The summed E-state index contributed by atoms with van der Waals surface area (Å²) in [6, 6.07) is 12.7. The number of hydrogen-bond donors (Lipinski definition) is 2. The normalized spacial score (nSPS) is 11.8. The first kappa shape index (κ1) is 16.5. The Morgan fingerprint density at radius 1 is 1.08 bits per heavy atom. The zero-order valence-electron chi connectivity index (χ0n) is 13.9. The van der Waals surface area contributed by atoms with Crippen molar-refractivity contribution in [3.8, 4) is 5.75 Å². The van der Waals surface area contributed by atoms with Crippen LogP contribution in [-0.4, -0.2) is 20.5 Å². The van der Waals surface area contributed by atoms with Crippen molar-refractivity contribution in [1.29, 1.82) is 0 Å². The lowest BCUT2D eigenvalue weighted by Gasteiger charge is -2.10. The number of benzene rings is 2. The van der Waals surface area contributed by atoms with Crippen LogP contribution in [0.5, 0.6) is 5.75 Å². The summed E-state index contributed by atoms with van der Waals surface area (Å²) in [7, 11) is -2.00. The zero-order valence-corrected chi connectivity index (χ0v) is 14.7. The molecule has 0 radical (unpaired) electrons. The second-order valence-corrected chi connectivity index (χ2v) is 7.60. The van der Waals surface area contributed by atoms with Gasteiger partial charge in [-0.15, -0.1) is 0 Å². The van der Waals surface area contributed by atoms with Crippen molar-refractivity contribution >= 4 is 20.9 Å². The van der Waals surface area contributed by atoms with Crippen LogP contribution in [0, 0.1) is 13.8 Å². The van der Waals surface area contributed by atoms with Crippen molar-refractivity contribution in [2.45, 2.75) is 25.3 Å². The van der Waals surface area contributed by atoms with Gasteiger partial charge in [-0.3, -0.25) is 0 Å². The van der Waals surface area contributed by atoms with Gasteiger partial charge in [0.05, 0.1) is 12.0 Å². The number of H-pyrrole nitrogens is 1. The Balaban J connectivity index is 1.79. The molecule has 0 aliphatic carbocycles. The molecule has 24 heavy (non-hydrogen) atoms. The average molecular weight is 344 g/mol. The van der Waals surface area contributed by atoms with Gasteiger partial charge in [-0.1, -0.05) is 6.07 Å². The molecule has 0 spiro atoms. The van der Waals surface area contributed by atoms with Crippen molar-refractivity contribution in [2.75, 3.05) is 7.11 Å². The average Bonchev–Trinajstić information content (AvgIpc) is 2.92. The van der Waals surface area contributed by atoms with E-state index in [1.807, 2.05) is 38.1 Å². The van der Waals surface area contributed by atoms with Crippen molar-refractivity contribution in [1.82, 2.24) is 9.71 Å². The fraction of sp³-hybridized carbons (Fsp3) is 0.222. The summed E-state index contributed by atoms with van der Waals surface area (Å²) < 4.78 is 32.7. The third kappa shape index (κ3) is 3.29. The van der Waals surface area contributed by atoms with Crippen LogP contribution in [0.3, 0.4) is 0 Å². The molecule has 0 saturated heterocycles. The van der Waals surface area contributed by atoms with Gasteiger partial charge < -0.3 is 9.72 Å². The highest BCUT2D eigenvalue weighted by Gasteiger charge is 2.15. The third-order valence-corrected chi connectivity index (χ3v) is 5.36. The van der Waals surface area contributed by atoms with E-state index in [9.17, 15) is 8.42 Å². The predicted octanol–water partition coefficient (Wildman–Crippen LogP) is 3.27. The van der Waals surface area contributed by atoms with E-state index in [2.05, 4.69) is 9.71 Å². The number of methoxy groups -OCH3 is 1. The van der Waals surface area contributed by atoms with Crippen molar-refractivity contribution in [2.24, 2.45) is 0 Å². The summed E-state index contributed by atoms with van der Waals surface area (Å²) in [5.74, 6) is 0.669. The molecule has 0 bridgehead atoms. The molecule has 2 N–H and O–H groups in total. The predicted molar refractivity (Wildman–Crippen MR) is 94.8 cm³/mol. The van der Waals surface area contributed by atoms with Gasteiger partial charge in [0.1, 0.15) is 5.75 Å². The molecule has 1 aromatic heterocycles. The van der Waals surface area contributed by atoms with Crippen LogP contribution >= 0.6 is 0 Å². The number of nitrogens with one attached hydrogen (secondary N) is 2. The van der Waals surface area contributed by atoms with Gasteiger partial charge in [0, 0.05) is 17.8 Å². The fourth-order valence-electron chi connectivity index (χ4n) is 2.72. The van der Waals surface area contributed by atoms with Gasteiger partial charge in [0.15, 0.2) is 0 Å². The molecule has 0 amide bonds. The van der Waals surface area contributed by atoms with Gasteiger partial charge in [-0.05, 0) is 66.8 Å². The topological polar surface area (TPSA) is 71.2 Å². The number of sulfonamides is 1. The minimum atomic E-state index is -3.57. The van der Waals surface area contributed by atoms with Gasteiger partial charge in [-0.2, -0.15) is 0 Å². The van der Waals surface area contributed by atoms with E-state index in [0.717, 1.165) is 27.7 Å². The number of hydrogen-bond acceptors (Lipinski definition) is 3. The lowest BCUT2D eigenvalue weighted by molar-refractivity contribution is 0.411. The zero-order chi connectivity index (χ0) is 17.3. The maximum atomic E-state index is 12.5. The number of ether oxygens (including phenoxy) is 1. The lowest BCUT2D eigenvalue weighted by Crippen LogP contribution is -2.23. The van der Waals surface area contributed by atoms with Crippen LogP contribution < -0.4 is 9.46 Å². The standard InChI is InChI=1S/C18H20N2O3S/c1-12-8-16(5-7-18(12)23-3)24(21,22)19-11-14-4-6-17-15(10-14)9-13(2)20-17/h4-10,19-20H,11H2,1-3H3. The molecule has 6 heteroatoms. The van der Waals surface area contributed by atoms with E-state index in [1.165, 1.54) is 0 Å². The van der Waals surface area contributed by atoms with Crippen LogP contribution in [0.1, 0.15) is 16.8 Å². The molecule has 0 aliphatic rings. The van der Waals surface area contributed by atoms with Crippen molar-refractivity contribution in [3.05, 3.63) is 59.3 Å². The van der Waals surface area contributed by atoms with Crippen LogP contribution in [0.25, 0.3) is 10.9 Å². The fourth-order valence-corrected chi connectivity index (χ4v) is 3.82. The van der Waals surface area contributed by atoms with E-state index in [0.29, 0.717) is 5.75 Å². The summed E-state index contributed by atoms with van der Waals surface area (Å²) in [6.45, 7) is 4.06. The van der Waals surface area contributed by atoms with Crippen molar-refractivity contribution < 1.29 is 13.2 Å². The Hall–Kier alpha value is -2.31. The molecule has 3 rings (SSSR count). The summed E-state index contributed by atoms with van der Waals surface area (Å²) in [4.78, 5) is 3.49.